The van der Waals surface area contributed by atoms with Crippen LogP contribution in [0.5, 0.6) is 0 Å². The van der Waals surface area contributed by atoms with Crippen LogP contribution in [0.1, 0.15) is 65.7 Å². The van der Waals surface area contributed by atoms with Gasteiger partial charge in [-0.05, 0) is 26.2 Å². The lowest BCUT2D eigenvalue weighted by Gasteiger charge is -2.18. The molecule has 0 aliphatic carbocycles. The van der Waals surface area contributed by atoms with E-state index in [0.717, 1.165) is 25.7 Å². The summed E-state index contributed by atoms with van der Waals surface area (Å²) < 4.78 is 5.42. The zero-order valence-corrected chi connectivity index (χ0v) is 11.7. The van der Waals surface area contributed by atoms with Crippen molar-refractivity contribution in [1.29, 1.82) is 0 Å². The first-order chi connectivity index (χ1) is 8.15. The molecule has 0 saturated carbocycles. The second-order valence-electron chi connectivity index (χ2n) is 4.82. The Hall–Kier alpha value is -0.570. The second-order valence-corrected chi connectivity index (χ2v) is 4.82. The molecule has 3 heteroatoms. The van der Waals surface area contributed by atoms with Gasteiger partial charge in [-0.15, -0.1) is 0 Å². The van der Waals surface area contributed by atoms with Crippen LogP contribution >= 0.6 is 0 Å². The van der Waals surface area contributed by atoms with E-state index < -0.39 is 0 Å². The predicted octanol–water partition coefficient (Wildman–Crippen LogP) is 3.26. The molecular formula is C14H29NO2. The molecule has 0 rings (SSSR count). The third kappa shape index (κ3) is 8.19. The molecule has 0 aromatic carbocycles. The van der Waals surface area contributed by atoms with Crippen molar-refractivity contribution in [3.05, 3.63) is 0 Å². The molecule has 0 aliphatic rings. The third-order valence-electron chi connectivity index (χ3n) is 3.04. The maximum absolute atomic E-state index is 11.8. The van der Waals surface area contributed by atoms with E-state index in [1.54, 1.807) is 0 Å². The minimum absolute atomic E-state index is 0.0327. The average molecular weight is 243 g/mol. The molecule has 3 nitrogen and oxygen atoms in total. The van der Waals surface area contributed by atoms with Gasteiger partial charge in [-0.1, -0.05) is 39.5 Å². The number of unbranched alkanes of at least 4 members (excludes halogenated alkanes) is 3. The van der Waals surface area contributed by atoms with Crippen molar-refractivity contribution >= 4 is 5.97 Å². The lowest BCUT2D eigenvalue weighted by atomic mass is 10.0. The zero-order chi connectivity index (χ0) is 13.1. The Balaban J connectivity index is 3.77. The number of rotatable bonds is 10. The fourth-order valence-corrected chi connectivity index (χ4v) is 1.89. The van der Waals surface area contributed by atoms with Gasteiger partial charge in [0.2, 0.25) is 0 Å². The summed E-state index contributed by atoms with van der Waals surface area (Å²) in [6.07, 6.45) is 7.68. The molecule has 0 spiro atoms. The quantitative estimate of drug-likeness (QED) is 0.473. The fraction of sp³-hybridized carbons (Fsp3) is 0.929. The standard InChI is InChI=1S/C14H29NO2/c1-4-6-7-8-10-12(3)17-14(16)13(11-15)9-5-2/h12-13H,4-11,15H2,1-3H3. The van der Waals surface area contributed by atoms with E-state index in [9.17, 15) is 4.79 Å². The molecule has 2 N–H and O–H groups in total. The number of nitrogens with two attached hydrogens (primary N) is 1. The van der Waals surface area contributed by atoms with Crippen LogP contribution < -0.4 is 5.73 Å². The first-order valence-corrected chi connectivity index (χ1v) is 7.06. The fourth-order valence-electron chi connectivity index (χ4n) is 1.89. The van der Waals surface area contributed by atoms with E-state index in [0.29, 0.717) is 6.54 Å². The third-order valence-corrected chi connectivity index (χ3v) is 3.04. The summed E-state index contributed by atoms with van der Waals surface area (Å²) in [5, 5.41) is 0. The van der Waals surface area contributed by atoms with Crippen molar-refractivity contribution in [3.63, 3.8) is 0 Å². The Kier molecular flexibility index (Phi) is 10.2. The van der Waals surface area contributed by atoms with Gasteiger partial charge in [0, 0.05) is 6.54 Å². The molecule has 0 bridgehead atoms. The maximum atomic E-state index is 11.8. The number of carbonyl (C=O) groups is 1. The number of hydrogen-bond acceptors (Lipinski definition) is 3. The van der Waals surface area contributed by atoms with Gasteiger partial charge < -0.3 is 10.5 Å². The first kappa shape index (κ1) is 16.4. The van der Waals surface area contributed by atoms with Crippen LogP contribution in [0.15, 0.2) is 0 Å². The Bertz CT molecular complexity index is 195. The number of ether oxygens (including phenoxy) is 1. The highest BCUT2D eigenvalue weighted by molar-refractivity contribution is 5.72. The summed E-state index contributed by atoms with van der Waals surface area (Å²) in [5.74, 6) is -0.226. The topological polar surface area (TPSA) is 52.3 Å². The summed E-state index contributed by atoms with van der Waals surface area (Å²) >= 11 is 0. The molecule has 2 atom stereocenters. The van der Waals surface area contributed by atoms with Crippen LogP contribution in [-0.2, 0) is 9.53 Å². The number of esters is 1. The summed E-state index contributed by atoms with van der Waals surface area (Å²) in [6.45, 7) is 6.63. The molecule has 0 amide bonds. The molecule has 0 saturated heterocycles. The van der Waals surface area contributed by atoms with E-state index in [4.69, 9.17) is 10.5 Å². The van der Waals surface area contributed by atoms with Gasteiger partial charge in [0.25, 0.3) is 0 Å². The molecule has 17 heavy (non-hydrogen) atoms. The van der Waals surface area contributed by atoms with Gasteiger partial charge in [0.15, 0.2) is 0 Å². The van der Waals surface area contributed by atoms with E-state index in [-0.39, 0.29) is 18.0 Å². The highest BCUT2D eigenvalue weighted by Crippen LogP contribution is 2.12. The predicted molar refractivity (Wildman–Crippen MR) is 71.8 cm³/mol. The normalized spacial score (nSPS) is 14.4. The SMILES string of the molecule is CCCCCCC(C)OC(=O)C(CN)CCC. The van der Waals surface area contributed by atoms with Crippen molar-refractivity contribution in [2.75, 3.05) is 6.54 Å². The highest BCUT2D eigenvalue weighted by Gasteiger charge is 2.19. The monoisotopic (exact) mass is 243 g/mol. The first-order valence-electron chi connectivity index (χ1n) is 7.06. The van der Waals surface area contributed by atoms with Crippen molar-refractivity contribution in [3.8, 4) is 0 Å². The van der Waals surface area contributed by atoms with Crippen LogP contribution in [0.25, 0.3) is 0 Å². The van der Waals surface area contributed by atoms with Crippen LogP contribution in [0.2, 0.25) is 0 Å². The van der Waals surface area contributed by atoms with Crippen LogP contribution in [0, 0.1) is 5.92 Å². The highest BCUT2D eigenvalue weighted by atomic mass is 16.5. The van der Waals surface area contributed by atoms with Gasteiger partial charge in [0.1, 0.15) is 0 Å². The lowest BCUT2D eigenvalue weighted by Crippen LogP contribution is -2.28. The maximum Gasteiger partial charge on any atom is 0.310 e. The van der Waals surface area contributed by atoms with Crippen LogP contribution in [0.4, 0.5) is 0 Å². The zero-order valence-electron chi connectivity index (χ0n) is 11.7. The van der Waals surface area contributed by atoms with E-state index in [2.05, 4.69) is 13.8 Å². The average Bonchev–Trinajstić information content (AvgIpc) is 2.31. The van der Waals surface area contributed by atoms with Crippen molar-refractivity contribution < 1.29 is 9.53 Å². The molecule has 0 fully saturated rings. The molecule has 0 radical (unpaired) electrons. The Morgan fingerprint density at radius 1 is 1.12 bits per heavy atom. The lowest BCUT2D eigenvalue weighted by molar-refractivity contribution is -0.153. The number of hydrogen-bond donors (Lipinski definition) is 1. The van der Waals surface area contributed by atoms with Gasteiger partial charge >= 0.3 is 5.97 Å². The molecule has 0 aliphatic heterocycles. The van der Waals surface area contributed by atoms with Crippen molar-refractivity contribution in [2.45, 2.75) is 71.8 Å². The summed E-state index contributed by atoms with van der Waals surface area (Å²) in [4.78, 5) is 11.8. The van der Waals surface area contributed by atoms with E-state index in [1.165, 1.54) is 19.3 Å². The molecule has 0 aromatic rings. The van der Waals surface area contributed by atoms with Crippen LogP contribution in [0.3, 0.4) is 0 Å². The van der Waals surface area contributed by atoms with Gasteiger partial charge in [-0.3, -0.25) is 4.79 Å². The van der Waals surface area contributed by atoms with Crippen LogP contribution in [-0.4, -0.2) is 18.6 Å². The van der Waals surface area contributed by atoms with Crippen molar-refractivity contribution in [1.82, 2.24) is 0 Å². The van der Waals surface area contributed by atoms with Gasteiger partial charge in [-0.25, -0.2) is 0 Å². The smallest absolute Gasteiger partial charge is 0.310 e. The van der Waals surface area contributed by atoms with E-state index >= 15 is 0 Å². The molecular weight excluding hydrogens is 214 g/mol. The number of carbonyl (C=O) groups excluding carboxylic acids is 1. The van der Waals surface area contributed by atoms with E-state index in [1.807, 2.05) is 6.92 Å². The largest absolute Gasteiger partial charge is 0.462 e. The summed E-state index contributed by atoms with van der Waals surface area (Å²) in [5.41, 5.74) is 5.57. The summed E-state index contributed by atoms with van der Waals surface area (Å²) in [7, 11) is 0. The van der Waals surface area contributed by atoms with Gasteiger partial charge in [0.05, 0.1) is 12.0 Å². The minimum atomic E-state index is -0.114. The molecule has 102 valence electrons. The minimum Gasteiger partial charge on any atom is -0.462 e. The van der Waals surface area contributed by atoms with Gasteiger partial charge in [-0.2, -0.15) is 0 Å². The Morgan fingerprint density at radius 2 is 1.82 bits per heavy atom. The second kappa shape index (κ2) is 10.6. The van der Waals surface area contributed by atoms with Crippen molar-refractivity contribution in [2.24, 2.45) is 11.7 Å². The molecule has 0 heterocycles. The summed E-state index contributed by atoms with van der Waals surface area (Å²) in [6, 6.07) is 0. The molecule has 0 aromatic heterocycles. The molecule has 2 unspecified atom stereocenters. The Labute approximate surface area is 106 Å². The Morgan fingerprint density at radius 3 is 2.35 bits per heavy atom.